The normalized spacial score (nSPS) is 19.9. The highest BCUT2D eigenvalue weighted by atomic mass is 16.2. The minimum absolute atomic E-state index is 0.0909. The lowest BCUT2D eigenvalue weighted by Gasteiger charge is -2.14. The fraction of sp³-hybridized carbons (Fsp3) is 0.429. The van der Waals surface area contributed by atoms with Crippen molar-refractivity contribution in [1.82, 2.24) is 0 Å². The molecule has 1 aromatic rings. The Morgan fingerprint density at radius 1 is 1.28 bits per heavy atom. The fourth-order valence-electron chi connectivity index (χ4n) is 2.12. The molecule has 1 saturated heterocycles. The molecule has 0 spiro atoms. The number of rotatable bonds is 4. The summed E-state index contributed by atoms with van der Waals surface area (Å²) < 4.78 is 0. The highest BCUT2D eigenvalue weighted by Crippen LogP contribution is 2.20. The molecular formula is C14H19N2O2+. The Balaban J connectivity index is 2.10. The lowest BCUT2D eigenvalue weighted by molar-refractivity contribution is -0.679. The molecule has 0 radical (unpaired) electrons. The second kappa shape index (κ2) is 5.31. The van der Waals surface area contributed by atoms with Crippen LogP contribution in [0.1, 0.15) is 20.3 Å². The molecule has 96 valence electrons. The van der Waals surface area contributed by atoms with Gasteiger partial charge >= 0.3 is 0 Å². The molecule has 0 bridgehead atoms. The van der Waals surface area contributed by atoms with Gasteiger partial charge in [-0.3, -0.25) is 9.59 Å². The van der Waals surface area contributed by atoms with E-state index in [2.05, 4.69) is 13.8 Å². The minimum atomic E-state index is -0.250. The number of para-hydroxylation sites is 1. The number of nitrogens with two attached hydrogens (primary N) is 1. The zero-order valence-corrected chi connectivity index (χ0v) is 10.8. The van der Waals surface area contributed by atoms with Crippen LogP contribution in [-0.4, -0.2) is 24.4 Å². The number of nitrogens with zero attached hydrogens (tertiary/aromatic N) is 1. The van der Waals surface area contributed by atoms with Crippen molar-refractivity contribution in [2.45, 2.75) is 26.3 Å². The third-order valence-corrected chi connectivity index (χ3v) is 3.09. The molecule has 4 heteroatoms. The van der Waals surface area contributed by atoms with E-state index in [9.17, 15) is 9.59 Å². The average Bonchev–Trinajstić information content (AvgIpc) is 2.63. The van der Waals surface area contributed by atoms with Crippen molar-refractivity contribution in [3.63, 3.8) is 0 Å². The zero-order chi connectivity index (χ0) is 13.1. The van der Waals surface area contributed by atoms with Gasteiger partial charge in [-0.15, -0.1) is 0 Å². The van der Waals surface area contributed by atoms with Crippen molar-refractivity contribution in [1.29, 1.82) is 0 Å². The van der Waals surface area contributed by atoms with Crippen LogP contribution in [0.15, 0.2) is 30.3 Å². The first-order chi connectivity index (χ1) is 8.59. The molecule has 2 N–H and O–H groups in total. The van der Waals surface area contributed by atoms with Crippen molar-refractivity contribution in [3.8, 4) is 0 Å². The second-order valence-corrected chi connectivity index (χ2v) is 5.08. The number of carbonyl (C=O) groups excluding carboxylic acids is 2. The number of carbonyl (C=O) groups is 2. The van der Waals surface area contributed by atoms with Crippen molar-refractivity contribution in [2.75, 3.05) is 11.4 Å². The van der Waals surface area contributed by atoms with Crippen molar-refractivity contribution >= 4 is 17.5 Å². The van der Waals surface area contributed by atoms with Crippen LogP contribution in [0, 0.1) is 5.92 Å². The highest BCUT2D eigenvalue weighted by molar-refractivity contribution is 6.21. The Hall–Kier alpha value is -1.68. The van der Waals surface area contributed by atoms with E-state index in [1.54, 1.807) is 12.1 Å². The zero-order valence-electron chi connectivity index (χ0n) is 10.8. The van der Waals surface area contributed by atoms with Gasteiger partial charge in [0.15, 0.2) is 6.04 Å². The van der Waals surface area contributed by atoms with Gasteiger partial charge in [0, 0.05) is 5.92 Å². The monoisotopic (exact) mass is 247 g/mol. The van der Waals surface area contributed by atoms with Gasteiger partial charge in [-0.25, -0.2) is 4.90 Å². The van der Waals surface area contributed by atoms with E-state index in [1.807, 2.05) is 23.5 Å². The molecular weight excluding hydrogens is 228 g/mol. The van der Waals surface area contributed by atoms with Gasteiger partial charge in [-0.05, 0) is 12.1 Å². The van der Waals surface area contributed by atoms with Crippen LogP contribution in [-0.2, 0) is 9.59 Å². The van der Waals surface area contributed by atoms with Crippen molar-refractivity contribution in [2.24, 2.45) is 5.92 Å². The third-order valence-electron chi connectivity index (χ3n) is 3.09. The first kappa shape index (κ1) is 12.8. The third kappa shape index (κ3) is 2.59. The molecule has 1 aliphatic rings. The van der Waals surface area contributed by atoms with E-state index in [0.29, 0.717) is 18.0 Å². The quantitative estimate of drug-likeness (QED) is 0.789. The van der Waals surface area contributed by atoms with Crippen molar-refractivity contribution < 1.29 is 14.9 Å². The van der Waals surface area contributed by atoms with E-state index in [1.165, 1.54) is 4.90 Å². The molecule has 0 unspecified atom stereocenters. The molecule has 0 aromatic heterocycles. The number of imide groups is 1. The summed E-state index contributed by atoms with van der Waals surface area (Å²) in [6, 6.07) is 8.88. The first-order valence-electron chi connectivity index (χ1n) is 6.34. The summed E-state index contributed by atoms with van der Waals surface area (Å²) in [7, 11) is 0. The predicted molar refractivity (Wildman–Crippen MR) is 69.0 cm³/mol. The largest absolute Gasteiger partial charge is 0.335 e. The first-order valence-corrected chi connectivity index (χ1v) is 6.34. The minimum Gasteiger partial charge on any atom is -0.335 e. The number of hydrogen-bond donors (Lipinski definition) is 1. The van der Waals surface area contributed by atoms with Gasteiger partial charge in [-0.2, -0.15) is 0 Å². The predicted octanol–water partition coefficient (Wildman–Crippen LogP) is 0.538. The molecule has 1 fully saturated rings. The second-order valence-electron chi connectivity index (χ2n) is 5.08. The molecule has 0 saturated carbocycles. The van der Waals surface area contributed by atoms with E-state index in [-0.39, 0.29) is 17.9 Å². The maximum absolute atomic E-state index is 12.2. The van der Waals surface area contributed by atoms with Crippen LogP contribution in [0.2, 0.25) is 0 Å². The van der Waals surface area contributed by atoms with Crippen LogP contribution in [0.3, 0.4) is 0 Å². The number of hydrogen-bond acceptors (Lipinski definition) is 2. The Morgan fingerprint density at radius 2 is 1.94 bits per heavy atom. The summed E-state index contributed by atoms with van der Waals surface area (Å²) in [4.78, 5) is 25.4. The van der Waals surface area contributed by atoms with E-state index >= 15 is 0 Å². The molecule has 1 heterocycles. The van der Waals surface area contributed by atoms with Crippen LogP contribution < -0.4 is 10.2 Å². The molecule has 0 aliphatic carbocycles. The molecule has 1 aliphatic heterocycles. The Morgan fingerprint density at radius 3 is 2.56 bits per heavy atom. The summed E-state index contributed by atoms with van der Waals surface area (Å²) in [5.74, 6) is 0.321. The lowest BCUT2D eigenvalue weighted by atomic mass is 10.2. The Labute approximate surface area is 107 Å². The van der Waals surface area contributed by atoms with E-state index < -0.39 is 0 Å². The molecule has 4 nitrogen and oxygen atoms in total. The SMILES string of the molecule is CC(C)C[NH2+][C@H]1CC(=O)N(c2ccccc2)C1=O. The summed E-state index contributed by atoms with van der Waals surface area (Å²) in [6.07, 6.45) is 0.306. The lowest BCUT2D eigenvalue weighted by Crippen LogP contribution is -2.92. The number of quaternary nitrogens is 1. The van der Waals surface area contributed by atoms with Crippen LogP contribution in [0.4, 0.5) is 5.69 Å². The van der Waals surface area contributed by atoms with Gasteiger partial charge in [-0.1, -0.05) is 32.0 Å². The van der Waals surface area contributed by atoms with Gasteiger partial charge in [0.2, 0.25) is 5.91 Å². The summed E-state index contributed by atoms with van der Waals surface area (Å²) >= 11 is 0. The fourth-order valence-corrected chi connectivity index (χ4v) is 2.12. The van der Waals surface area contributed by atoms with Crippen LogP contribution in [0.25, 0.3) is 0 Å². The molecule has 18 heavy (non-hydrogen) atoms. The van der Waals surface area contributed by atoms with Gasteiger partial charge < -0.3 is 5.32 Å². The smallest absolute Gasteiger partial charge is 0.292 e. The number of benzene rings is 1. The number of amides is 2. The summed E-state index contributed by atoms with van der Waals surface area (Å²) in [5.41, 5.74) is 0.674. The maximum Gasteiger partial charge on any atom is 0.292 e. The topological polar surface area (TPSA) is 54.0 Å². The Bertz CT molecular complexity index is 442. The molecule has 1 atom stereocenters. The maximum atomic E-state index is 12.2. The van der Waals surface area contributed by atoms with E-state index in [4.69, 9.17) is 0 Å². The van der Waals surface area contributed by atoms with E-state index in [0.717, 1.165) is 6.54 Å². The molecule has 1 aromatic carbocycles. The number of anilines is 1. The highest BCUT2D eigenvalue weighted by Gasteiger charge is 2.41. The van der Waals surface area contributed by atoms with Gasteiger partial charge in [0.1, 0.15) is 0 Å². The molecule has 2 rings (SSSR count). The standard InChI is InChI=1S/C14H18N2O2/c1-10(2)9-15-12-8-13(17)16(14(12)18)11-6-4-3-5-7-11/h3-7,10,12,15H,8-9H2,1-2H3/p+1/t12-/m0/s1. The van der Waals surface area contributed by atoms with Gasteiger partial charge in [0.25, 0.3) is 5.91 Å². The molecule has 2 amide bonds. The van der Waals surface area contributed by atoms with Gasteiger partial charge in [0.05, 0.1) is 18.7 Å². The summed E-state index contributed by atoms with van der Waals surface area (Å²) in [6.45, 7) is 5.08. The van der Waals surface area contributed by atoms with Crippen LogP contribution in [0.5, 0.6) is 0 Å². The average molecular weight is 247 g/mol. The van der Waals surface area contributed by atoms with Crippen molar-refractivity contribution in [3.05, 3.63) is 30.3 Å². The summed E-state index contributed by atoms with van der Waals surface area (Å²) in [5, 5.41) is 1.98. The Kier molecular flexibility index (Phi) is 3.77. The van der Waals surface area contributed by atoms with Crippen LogP contribution >= 0.6 is 0 Å².